The molecule has 1 saturated heterocycles. The molecule has 0 spiro atoms. The van der Waals surface area contributed by atoms with Gasteiger partial charge in [0.2, 0.25) is 5.91 Å². The number of halogens is 2. The fraction of sp³-hybridized carbons (Fsp3) is 0.556. The highest BCUT2D eigenvalue weighted by molar-refractivity contribution is 5.79. The summed E-state index contributed by atoms with van der Waals surface area (Å²) in [5, 5.41) is 0. The third-order valence-corrected chi connectivity index (χ3v) is 4.57. The molecule has 6 heteroatoms. The number of hydrogen-bond donors (Lipinski definition) is 1. The van der Waals surface area contributed by atoms with Gasteiger partial charge in [0, 0.05) is 25.4 Å². The van der Waals surface area contributed by atoms with Crippen LogP contribution in [0.15, 0.2) is 24.3 Å². The van der Waals surface area contributed by atoms with Crippen molar-refractivity contribution in [2.75, 3.05) is 13.1 Å². The first kappa shape index (κ1) is 18.4. The minimum Gasteiger partial charge on any atom is -0.367 e. The van der Waals surface area contributed by atoms with Crippen LogP contribution >= 0.6 is 0 Å². The molecule has 1 aliphatic heterocycles. The molecule has 4 nitrogen and oxygen atoms in total. The molecule has 0 radical (unpaired) electrons. The molecule has 2 N–H and O–H groups in total. The quantitative estimate of drug-likeness (QED) is 0.866. The summed E-state index contributed by atoms with van der Waals surface area (Å²) in [6.45, 7) is 2.86. The lowest BCUT2D eigenvalue weighted by atomic mass is 9.91. The van der Waals surface area contributed by atoms with Crippen molar-refractivity contribution in [1.82, 2.24) is 4.90 Å². The largest absolute Gasteiger partial charge is 0.367 e. The van der Waals surface area contributed by atoms with Crippen LogP contribution in [0, 0.1) is 17.7 Å². The van der Waals surface area contributed by atoms with E-state index in [0.717, 1.165) is 5.56 Å². The Kier molecular flexibility index (Phi) is 6.29. The first-order chi connectivity index (χ1) is 11.4. The van der Waals surface area contributed by atoms with E-state index in [2.05, 4.69) is 0 Å². The van der Waals surface area contributed by atoms with Crippen molar-refractivity contribution in [3.63, 3.8) is 0 Å². The summed E-state index contributed by atoms with van der Waals surface area (Å²) in [6.07, 6.45) is 0.279. The van der Waals surface area contributed by atoms with E-state index in [9.17, 15) is 18.4 Å². The Morgan fingerprint density at radius 3 is 2.58 bits per heavy atom. The highest BCUT2D eigenvalue weighted by Gasteiger charge is 2.31. The summed E-state index contributed by atoms with van der Waals surface area (Å²) >= 11 is 0. The standard InChI is InChI=1S/C18H24F2N2O2/c1-12(9-13-3-2-4-15(19)11-13)10-16(23)22-7-5-14(6-8-22)17(20)18(21)24/h2-4,11-12,14,17H,5-10H2,1H3,(H2,21,24). The van der Waals surface area contributed by atoms with Gasteiger partial charge in [-0.15, -0.1) is 0 Å². The van der Waals surface area contributed by atoms with Crippen LogP contribution in [0.1, 0.15) is 31.7 Å². The second-order valence-electron chi connectivity index (χ2n) is 6.67. The highest BCUT2D eigenvalue weighted by atomic mass is 19.1. The Bertz CT molecular complexity index is 586. The Hall–Kier alpha value is -1.98. The molecule has 1 aliphatic rings. The number of amides is 2. The van der Waals surface area contributed by atoms with Crippen LogP contribution in [0.3, 0.4) is 0 Å². The molecule has 1 fully saturated rings. The fourth-order valence-electron chi connectivity index (χ4n) is 3.24. The van der Waals surface area contributed by atoms with Gasteiger partial charge in [0.25, 0.3) is 5.91 Å². The van der Waals surface area contributed by atoms with Crippen molar-refractivity contribution in [1.29, 1.82) is 0 Å². The Morgan fingerprint density at radius 1 is 1.33 bits per heavy atom. The molecule has 2 atom stereocenters. The van der Waals surface area contributed by atoms with Gasteiger partial charge in [0.15, 0.2) is 6.17 Å². The molecular weight excluding hydrogens is 314 g/mol. The van der Waals surface area contributed by atoms with Gasteiger partial charge in [-0.2, -0.15) is 0 Å². The Morgan fingerprint density at radius 2 is 2.00 bits per heavy atom. The summed E-state index contributed by atoms with van der Waals surface area (Å²) < 4.78 is 26.8. The maximum atomic E-state index is 13.6. The van der Waals surface area contributed by atoms with Crippen molar-refractivity contribution in [2.45, 2.75) is 38.8 Å². The number of hydrogen-bond acceptors (Lipinski definition) is 2. The zero-order valence-corrected chi connectivity index (χ0v) is 13.9. The number of likely N-dealkylation sites (tertiary alicyclic amines) is 1. The third-order valence-electron chi connectivity index (χ3n) is 4.57. The number of benzene rings is 1. The van der Waals surface area contributed by atoms with Crippen LogP contribution < -0.4 is 5.73 Å². The number of rotatable bonds is 6. The number of carbonyl (C=O) groups is 2. The molecule has 2 rings (SSSR count). The normalized spacial score (nSPS) is 18.2. The van der Waals surface area contributed by atoms with Crippen molar-refractivity contribution < 1.29 is 18.4 Å². The first-order valence-corrected chi connectivity index (χ1v) is 8.32. The number of carbonyl (C=O) groups excluding carboxylic acids is 2. The summed E-state index contributed by atoms with van der Waals surface area (Å²) in [5.41, 5.74) is 5.86. The summed E-state index contributed by atoms with van der Waals surface area (Å²) in [7, 11) is 0. The minimum atomic E-state index is -1.63. The summed E-state index contributed by atoms with van der Waals surface area (Å²) in [5.74, 6) is -1.48. The lowest BCUT2D eigenvalue weighted by Crippen LogP contribution is -2.43. The van der Waals surface area contributed by atoms with Gasteiger partial charge in [-0.25, -0.2) is 8.78 Å². The van der Waals surface area contributed by atoms with E-state index >= 15 is 0 Å². The van der Waals surface area contributed by atoms with Gasteiger partial charge < -0.3 is 10.6 Å². The number of primary amides is 1. The molecule has 2 unspecified atom stereocenters. The summed E-state index contributed by atoms with van der Waals surface area (Å²) in [4.78, 5) is 25.0. The van der Waals surface area contributed by atoms with E-state index in [1.54, 1.807) is 11.0 Å². The smallest absolute Gasteiger partial charge is 0.252 e. The third kappa shape index (κ3) is 5.01. The maximum Gasteiger partial charge on any atom is 0.252 e. The van der Waals surface area contributed by atoms with Crippen LogP contribution in [0.25, 0.3) is 0 Å². The Labute approximate surface area is 141 Å². The molecule has 24 heavy (non-hydrogen) atoms. The van der Waals surface area contributed by atoms with Crippen LogP contribution in [-0.4, -0.2) is 36.0 Å². The topological polar surface area (TPSA) is 63.4 Å². The van der Waals surface area contributed by atoms with E-state index in [1.807, 2.05) is 13.0 Å². The van der Waals surface area contributed by atoms with Crippen LogP contribution in [-0.2, 0) is 16.0 Å². The Balaban J connectivity index is 1.80. The monoisotopic (exact) mass is 338 g/mol. The molecule has 0 aromatic heterocycles. The lowest BCUT2D eigenvalue weighted by molar-refractivity contribution is -0.134. The second kappa shape index (κ2) is 8.22. The summed E-state index contributed by atoms with van der Waals surface area (Å²) in [6, 6.07) is 6.39. The predicted molar refractivity (Wildman–Crippen MR) is 87.3 cm³/mol. The van der Waals surface area contributed by atoms with Gasteiger partial charge in [-0.1, -0.05) is 19.1 Å². The van der Waals surface area contributed by atoms with E-state index in [1.165, 1.54) is 12.1 Å². The van der Waals surface area contributed by atoms with Crippen molar-refractivity contribution in [2.24, 2.45) is 17.6 Å². The zero-order valence-electron chi connectivity index (χ0n) is 13.9. The number of alkyl halides is 1. The molecule has 132 valence electrons. The van der Waals surface area contributed by atoms with Crippen molar-refractivity contribution >= 4 is 11.8 Å². The van der Waals surface area contributed by atoms with E-state index < -0.39 is 18.0 Å². The lowest BCUT2D eigenvalue weighted by Gasteiger charge is -2.33. The zero-order chi connectivity index (χ0) is 17.7. The number of nitrogens with two attached hydrogens (primary N) is 1. The average molecular weight is 338 g/mol. The van der Waals surface area contributed by atoms with E-state index in [0.29, 0.717) is 38.8 Å². The highest BCUT2D eigenvalue weighted by Crippen LogP contribution is 2.24. The number of piperidine rings is 1. The van der Waals surface area contributed by atoms with Crippen LogP contribution in [0.4, 0.5) is 8.78 Å². The fourth-order valence-corrected chi connectivity index (χ4v) is 3.24. The van der Waals surface area contributed by atoms with Crippen molar-refractivity contribution in [3.8, 4) is 0 Å². The SMILES string of the molecule is CC(CC(=O)N1CCC(C(F)C(N)=O)CC1)Cc1cccc(F)c1. The molecule has 1 aromatic carbocycles. The molecular formula is C18H24F2N2O2. The predicted octanol–water partition coefficient (Wildman–Crippen LogP) is 2.46. The molecule has 2 amide bonds. The van der Waals surface area contributed by atoms with E-state index in [4.69, 9.17) is 5.73 Å². The molecule has 0 bridgehead atoms. The van der Waals surface area contributed by atoms with Crippen molar-refractivity contribution in [3.05, 3.63) is 35.6 Å². The molecule has 1 aromatic rings. The first-order valence-electron chi connectivity index (χ1n) is 8.32. The van der Waals surface area contributed by atoms with Crippen LogP contribution in [0.2, 0.25) is 0 Å². The maximum absolute atomic E-state index is 13.6. The van der Waals surface area contributed by atoms with Gasteiger partial charge in [0.05, 0.1) is 0 Å². The minimum absolute atomic E-state index is 0.0202. The van der Waals surface area contributed by atoms with Gasteiger partial charge in [-0.3, -0.25) is 9.59 Å². The molecule has 0 aliphatic carbocycles. The molecule has 0 saturated carbocycles. The van der Waals surface area contributed by atoms with Gasteiger partial charge in [0.1, 0.15) is 5.82 Å². The second-order valence-corrected chi connectivity index (χ2v) is 6.67. The van der Waals surface area contributed by atoms with Gasteiger partial charge >= 0.3 is 0 Å². The molecule has 1 heterocycles. The van der Waals surface area contributed by atoms with Crippen LogP contribution in [0.5, 0.6) is 0 Å². The number of nitrogens with zero attached hydrogens (tertiary/aromatic N) is 1. The van der Waals surface area contributed by atoms with Gasteiger partial charge in [-0.05, 0) is 42.9 Å². The van der Waals surface area contributed by atoms with E-state index in [-0.39, 0.29) is 17.6 Å². The average Bonchev–Trinajstić information content (AvgIpc) is 2.54.